The van der Waals surface area contributed by atoms with E-state index in [1.807, 2.05) is 0 Å². The number of rotatable bonds is 1. The van der Waals surface area contributed by atoms with E-state index in [0.717, 1.165) is 5.06 Å². The van der Waals surface area contributed by atoms with Gasteiger partial charge in [-0.25, -0.2) is 4.79 Å². The molecule has 98 valence electrons. The number of aliphatic hydroxyl groups is 2. The van der Waals surface area contributed by atoms with Crippen LogP contribution in [0.25, 0.3) is 0 Å². The lowest BCUT2D eigenvalue weighted by atomic mass is 10.1. The van der Waals surface area contributed by atoms with Crippen LogP contribution >= 0.6 is 0 Å². The van der Waals surface area contributed by atoms with Gasteiger partial charge in [0.2, 0.25) is 0 Å². The van der Waals surface area contributed by atoms with Gasteiger partial charge < -0.3 is 14.9 Å². The first-order valence-corrected chi connectivity index (χ1v) is 5.45. The lowest BCUT2D eigenvalue weighted by Gasteiger charge is -2.32. The molecule has 0 aliphatic carbocycles. The summed E-state index contributed by atoms with van der Waals surface area (Å²) >= 11 is 0. The van der Waals surface area contributed by atoms with Gasteiger partial charge in [0.1, 0.15) is 5.60 Å². The molecule has 0 radical (unpaired) electrons. The van der Waals surface area contributed by atoms with Crippen LogP contribution in [-0.2, 0) is 9.57 Å². The quantitative estimate of drug-likeness (QED) is 0.656. The van der Waals surface area contributed by atoms with E-state index in [1.54, 1.807) is 20.8 Å². The normalized spacial score (nSPS) is 23.9. The Morgan fingerprint density at radius 2 is 2.29 bits per heavy atom. The average molecular weight is 245 g/mol. The minimum absolute atomic E-state index is 0.000741. The topological polar surface area (TPSA) is 79.2 Å². The maximum Gasteiger partial charge on any atom is 0.434 e. The Kier molecular flexibility index (Phi) is 4.50. The summed E-state index contributed by atoms with van der Waals surface area (Å²) in [6.07, 6.45) is 0.0138. The molecule has 17 heavy (non-hydrogen) atoms. The molecule has 1 atom stereocenters. The predicted molar refractivity (Wildman–Crippen MR) is 60.1 cm³/mol. The number of aliphatic hydroxyl groups excluding tert-OH is 2. The van der Waals surface area contributed by atoms with Gasteiger partial charge in [-0.1, -0.05) is 6.08 Å². The van der Waals surface area contributed by atoms with E-state index in [4.69, 9.17) is 14.7 Å². The second-order valence-electron chi connectivity index (χ2n) is 4.79. The van der Waals surface area contributed by atoms with E-state index in [-0.39, 0.29) is 19.8 Å². The van der Waals surface area contributed by atoms with Gasteiger partial charge in [-0.3, -0.25) is 4.84 Å². The van der Waals surface area contributed by atoms with Crippen LogP contribution in [0.2, 0.25) is 0 Å². The van der Waals surface area contributed by atoms with E-state index in [9.17, 15) is 9.90 Å². The molecule has 1 aliphatic heterocycles. The highest BCUT2D eigenvalue weighted by Crippen LogP contribution is 2.17. The summed E-state index contributed by atoms with van der Waals surface area (Å²) in [5.74, 6) is 0. The molecule has 2 N–H and O–H groups in total. The number of amides is 1. The van der Waals surface area contributed by atoms with Crippen molar-refractivity contribution in [3.8, 4) is 0 Å². The fourth-order valence-electron chi connectivity index (χ4n) is 1.33. The first-order valence-electron chi connectivity index (χ1n) is 5.45. The van der Waals surface area contributed by atoms with E-state index in [2.05, 4.69) is 0 Å². The van der Waals surface area contributed by atoms with Crippen molar-refractivity contribution in [2.75, 3.05) is 19.8 Å². The summed E-state index contributed by atoms with van der Waals surface area (Å²) in [5.41, 5.74) is -0.0422. The summed E-state index contributed by atoms with van der Waals surface area (Å²) in [6, 6.07) is 0. The molecule has 0 aromatic rings. The summed E-state index contributed by atoms with van der Waals surface area (Å²) in [6.45, 7) is 5.16. The first-order chi connectivity index (χ1) is 7.83. The van der Waals surface area contributed by atoms with Crippen LogP contribution < -0.4 is 0 Å². The second-order valence-corrected chi connectivity index (χ2v) is 4.79. The van der Waals surface area contributed by atoms with Gasteiger partial charge in [0.05, 0.1) is 25.9 Å². The molecular formula is C11H19NO5. The molecule has 6 heteroatoms. The fourth-order valence-corrected chi connectivity index (χ4v) is 1.33. The highest BCUT2D eigenvalue weighted by Gasteiger charge is 2.30. The van der Waals surface area contributed by atoms with Gasteiger partial charge in [-0.2, -0.15) is 5.06 Å². The Labute approximate surface area is 100 Å². The van der Waals surface area contributed by atoms with Gasteiger partial charge in [-0.05, 0) is 26.3 Å². The molecule has 1 amide bonds. The number of hydrogen-bond donors (Lipinski definition) is 2. The number of hydrogen-bond acceptors (Lipinski definition) is 5. The molecule has 1 aliphatic rings. The molecule has 0 aromatic heterocycles. The summed E-state index contributed by atoms with van der Waals surface area (Å²) in [4.78, 5) is 16.8. The molecular weight excluding hydrogens is 226 g/mol. The van der Waals surface area contributed by atoms with Crippen molar-refractivity contribution in [2.24, 2.45) is 0 Å². The zero-order valence-electron chi connectivity index (χ0n) is 10.3. The van der Waals surface area contributed by atoms with Crippen molar-refractivity contribution in [3.63, 3.8) is 0 Å². The molecule has 0 aromatic carbocycles. The van der Waals surface area contributed by atoms with Crippen molar-refractivity contribution in [2.45, 2.75) is 32.5 Å². The lowest BCUT2D eigenvalue weighted by Crippen LogP contribution is -2.46. The molecule has 1 fully saturated rings. The zero-order chi connectivity index (χ0) is 13.1. The van der Waals surface area contributed by atoms with Crippen LogP contribution in [0, 0.1) is 0 Å². The number of carbonyl (C=O) groups excluding carboxylic acids is 1. The smallest absolute Gasteiger partial charge is 0.434 e. The minimum Gasteiger partial charge on any atom is -0.442 e. The number of β-amino-alcohol motifs (C(OH)–C–C–N with tert-alkyl or cyclic N) is 1. The Morgan fingerprint density at radius 3 is 2.76 bits per heavy atom. The first kappa shape index (κ1) is 14.0. The van der Waals surface area contributed by atoms with Crippen LogP contribution in [0.3, 0.4) is 0 Å². The van der Waals surface area contributed by atoms with Crippen LogP contribution in [0.5, 0.6) is 0 Å². The van der Waals surface area contributed by atoms with Gasteiger partial charge in [0.25, 0.3) is 0 Å². The molecule has 6 nitrogen and oxygen atoms in total. The Hall–Kier alpha value is -1.11. The predicted octanol–water partition coefficient (Wildman–Crippen LogP) is 0.448. The minimum atomic E-state index is -0.830. The maximum atomic E-state index is 11.6. The van der Waals surface area contributed by atoms with Crippen molar-refractivity contribution in [3.05, 3.63) is 11.6 Å². The fraction of sp³-hybridized carbons (Fsp3) is 0.727. The number of carbonyl (C=O) groups is 1. The third-order valence-electron chi connectivity index (χ3n) is 2.10. The van der Waals surface area contributed by atoms with E-state index in [1.165, 1.54) is 6.08 Å². The van der Waals surface area contributed by atoms with Gasteiger partial charge in [0, 0.05) is 0 Å². The summed E-state index contributed by atoms with van der Waals surface area (Å²) in [7, 11) is 0. The molecule has 0 spiro atoms. The highest BCUT2D eigenvalue weighted by molar-refractivity contribution is 5.67. The standard InChI is InChI=1S/C11H19NO5/c1-11(2,3)17-10(15)12-6-9(14)8(4-5-13)7-16-12/h4,9,13-14H,5-7H2,1-3H3/b8-4-. The summed E-state index contributed by atoms with van der Waals surface area (Å²) < 4.78 is 5.10. The van der Waals surface area contributed by atoms with E-state index < -0.39 is 17.8 Å². The molecule has 0 saturated carbocycles. The van der Waals surface area contributed by atoms with Crippen LogP contribution in [-0.4, -0.2) is 52.8 Å². The lowest BCUT2D eigenvalue weighted by molar-refractivity contribution is -0.170. The second kappa shape index (κ2) is 5.48. The van der Waals surface area contributed by atoms with Crippen molar-refractivity contribution in [1.29, 1.82) is 0 Å². The Bertz CT molecular complexity index is 307. The van der Waals surface area contributed by atoms with Crippen LogP contribution in [0.1, 0.15) is 20.8 Å². The number of ether oxygens (including phenoxy) is 1. The van der Waals surface area contributed by atoms with E-state index in [0.29, 0.717) is 5.57 Å². The molecule has 1 saturated heterocycles. The monoisotopic (exact) mass is 245 g/mol. The van der Waals surface area contributed by atoms with Gasteiger partial charge in [0.15, 0.2) is 0 Å². The zero-order valence-corrected chi connectivity index (χ0v) is 10.3. The number of hydroxylamine groups is 2. The van der Waals surface area contributed by atoms with Gasteiger partial charge in [-0.15, -0.1) is 0 Å². The van der Waals surface area contributed by atoms with Crippen molar-refractivity contribution in [1.82, 2.24) is 5.06 Å². The summed E-state index contributed by atoms with van der Waals surface area (Å²) in [5, 5.41) is 19.4. The Morgan fingerprint density at radius 1 is 1.65 bits per heavy atom. The molecule has 1 unspecified atom stereocenters. The Balaban J connectivity index is 2.55. The molecule has 0 bridgehead atoms. The molecule has 1 rings (SSSR count). The highest BCUT2D eigenvalue weighted by atomic mass is 16.7. The largest absolute Gasteiger partial charge is 0.442 e. The average Bonchev–Trinajstić information content (AvgIpc) is 2.18. The third-order valence-corrected chi connectivity index (χ3v) is 2.10. The van der Waals surface area contributed by atoms with Crippen molar-refractivity contribution < 1.29 is 24.6 Å². The van der Waals surface area contributed by atoms with Gasteiger partial charge >= 0.3 is 6.09 Å². The van der Waals surface area contributed by atoms with E-state index >= 15 is 0 Å². The van der Waals surface area contributed by atoms with Crippen LogP contribution in [0.15, 0.2) is 11.6 Å². The number of nitrogens with zero attached hydrogens (tertiary/aromatic N) is 1. The molecule has 1 heterocycles. The maximum absolute atomic E-state index is 11.6. The third kappa shape index (κ3) is 4.33. The SMILES string of the molecule is CC(C)(C)OC(=O)N1CC(O)/C(=C\CO)CO1. The van der Waals surface area contributed by atoms with Crippen molar-refractivity contribution >= 4 is 6.09 Å². The van der Waals surface area contributed by atoms with Crippen LogP contribution in [0.4, 0.5) is 4.79 Å².